The molecule has 0 saturated carbocycles. The van der Waals surface area contributed by atoms with Gasteiger partial charge in [-0.05, 0) is 65.2 Å². The molecule has 172 valence electrons. The summed E-state index contributed by atoms with van der Waals surface area (Å²) in [5, 5.41) is 3.88. The second kappa shape index (κ2) is 10.5. The van der Waals surface area contributed by atoms with Crippen molar-refractivity contribution in [3.05, 3.63) is 70.4 Å². The lowest BCUT2D eigenvalue weighted by Crippen LogP contribution is -2.17. The summed E-state index contributed by atoms with van der Waals surface area (Å²) in [4.78, 5) is 5.37. The number of hydrogen-bond donors (Lipinski definition) is 1. The van der Waals surface area contributed by atoms with Gasteiger partial charge in [0.2, 0.25) is 0 Å². The van der Waals surface area contributed by atoms with Crippen molar-refractivity contribution in [1.82, 2.24) is 0 Å². The lowest BCUT2D eigenvalue weighted by Gasteiger charge is -2.25. The Hall–Kier alpha value is -2.35. The maximum absolute atomic E-state index is 5.37. The number of anilines is 1. The largest absolute Gasteiger partial charge is 0.354 e. The number of rotatable bonds is 7. The van der Waals surface area contributed by atoms with Crippen LogP contribution in [-0.2, 0) is 0 Å². The lowest BCUT2D eigenvalue weighted by atomic mass is 9.91. The molecule has 0 atom stereocenters. The smallest absolute Gasteiger partial charge is 0.0703 e. The highest BCUT2D eigenvalue weighted by molar-refractivity contribution is 6.05. The lowest BCUT2D eigenvalue weighted by molar-refractivity contribution is 0.828. The molecule has 2 aromatic rings. The molecule has 0 saturated heterocycles. The minimum atomic E-state index is 0.450. The first-order chi connectivity index (χ1) is 15.2. The summed E-state index contributed by atoms with van der Waals surface area (Å²) in [7, 11) is 0. The molecule has 2 aromatic carbocycles. The van der Waals surface area contributed by atoms with Crippen LogP contribution in [0.25, 0.3) is 0 Å². The fraction of sp³-hybridized carbons (Fsp3) is 0.500. The number of benzene rings is 2. The van der Waals surface area contributed by atoms with Gasteiger partial charge in [0.1, 0.15) is 0 Å². The van der Waals surface area contributed by atoms with Gasteiger partial charge in [-0.25, -0.2) is 0 Å². The zero-order valence-electron chi connectivity index (χ0n) is 21.4. The molecule has 0 aromatic heterocycles. The standard InChI is InChI=1S/C30H42N2/c1-19(2)23-13-11-14-24(20(3)4)29(23)31-27-17-9-10-18-28(27)32-30-25(21(5)6)15-12-16-26(30)22(7)8/h11-17,19-22,31H,9-10,18H2,1-8H3. The fourth-order valence-corrected chi connectivity index (χ4v) is 4.61. The van der Waals surface area contributed by atoms with Crippen molar-refractivity contribution in [2.45, 2.75) is 98.3 Å². The molecule has 0 radical (unpaired) electrons. The van der Waals surface area contributed by atoms with Crippen molar-refractivity contribution in [3.8, 4) is 0 Å². The Morgan fingerprint density at radius 2 is 1.16 bits per heavy atom. The Morgan fingerprint density at radius 1 is 0.688 bits per heavy atom. The van der Waals surface area contributed by atoms with Crippen LogP contribution in [-0.4, -0.2) is 5.71 Å². The van der Waals surface area contributed by atoms with E-state index in [4.69, 9.17) is 4.99 Å². The number of aliphatic imine (C=N–C) groups is 1. The summed E-state index contributed by atoms with van der Waals surface area (Å²) in [6, 6.07) is 13.4. The van der Waals surface area contributed by atoms with Crippen LogP contribution in [0.1, 0.15) is 121 Å². The van der Waals surface area contributed by atoms with Gasteiger partial charge in [-0.3, -0.25) is 4.99 Å². The minimum absolute atomic E-state index is 0.450. The summed E-state index contributed by atoms with van der Waals surface area (Å²) >= 11 is 0. The van der Waals surface area contributed by atoms with E-state index in [1.54, 1.807) is 0 Å². The first kappa shape index (κ1) is 24.3. The molecule has 0 aliphatic heterocycles. The molecule has 1 N–H and O–H groups in total. The third kappa shape index (κ3) is 5.34. The summed E-state index contributed by atoms with van der Waals surface area (Å²) < 4.78 is 0. The Labute approximate surface area is 196 Å². The van der Waals surface area contributed by atoms with Gasteiger partial charge in [-0.1, -0.05) is 97.9 Å². The first-order valence-corrected chi connectivity index (χ1v) is 12.5. The number of allylic oxidation sites excluding steroid dienone is 2. The van der Waals surface area contributed by atoms with Crippen LogP contribution in [0.2, 0.25) is 0 Å². The van der Waals surface area contributed by atoms with Crippen LogP contribution < -0.4 is 5.32 Å². The Kier molecular flexibility index (Phi) is 7.98. The predicted molar refractivity (Wildman–Crippen MR) is 142 cm³/mol. The van der Waals surface area contributed by atoms with Gasteiger partial charge in [0, 0.05) is 5.69 Å². The fourth-order valence-electron chi connectivity index (χ4n) is 4.61. The maximum atomic E-state index is 5.37. The van der Waals surface area contributed by atoms with Crippen molar-refractivity contribution < 1.29 is 0 Å². The molecule has 0 unspecified atom stereocenters. The molecular weight excluding hydrogens is 388 g/mol. The Bertz CT molecular complexity index is 937. The third-order valence-electron chi connectivity index (χ3n) is 6.50. The van der Waals surface area contributed by atoms with Gasteiger partial charge in [0.05, 0.1) is 17.1 Å². The van der Waals surface area contributed by atoms with Crippen LogP contribution in [0.5, 0.6) is 0 Å². The summed E-state index contributed by atoms with van der Waals surface area (Å²) in [5.74, 6) is 1.84. The number of hydrogen-bond acceptors (Lipinski definition) is 2. The van der Waals surface area contributed by atoms with E-state index in [0.717, 1.165) is 19.3 Å². The van der Waals surface area contributed by atoms with Crippen molar-refractivity contribution in [3.63, 3.8) is 0 Å². The molecule has 0 amide bonds. The second-order valence-electron chi connectivity index (χ2n) is 10.4. The summed E-state index contributed by atoms with van der Waals surface area (Å²) in [5.41, 5.74) is 10.3. The van der Waals surface area contributed by atoms with Crippen molar-refractivity contribution in [2.75, 3.05) is 5.32 Å². The zero-order valence-corrected chi connectivity index (χ0v) is 21.4. The van der Waals surface area contributed by atoms with Crippen LogP contribution >= 0.6 is 0 Å². The predicted octanol–water partition coefficient (Wildman–Crippen LogP) is 9.43. The zero-order chi connectivity index (χ0) is 23.4. The topological polar surface area (TPSA) is 24.4 Å². The second-order valence-corrected chi connectivity index (χ2v) is 10.4. The van der Waals surface area contributed by atoms with Crippen molar-refractivity contribution >= 4 is 17.1 Å². The molecule has 1 aliphatic rings. The average molecular weight is 431 g/mol. The molecule has 2 nitrogen and oxygen atoms in total. The molecule has 0 heterocycles. The minimum Gasteiger partial charge on any atom is -0.354 e. The van der Waals surface area contributed by atoms with Gasteiger partial charge in [0.25, 0.3) is 0 Å². The highest BCUT2D eigenvalue weighted by Gasteiger charge is 2.20. The van der Waals surface area contributed by atoms with Crippen molar-refractivity contribution in [1.29, 1.82) is 0 Å². The van der Waals surface area contributed by atoms with Gasteiger partial charge < -0.3 is 5.32 Å². The Balaban J connectivity index is 2.11. The van der Waals surface area contributed by atoms with Gasteiger partial charge >= 0.3 is 0 Å². The highest BCUT2D eigenvalue weighted by atomic mass is 14.9. The highest BCUT2D eigenvalue weighted by Crippen LogP contribution is 2.37. The molecule has 32 heavy (non-hydrogen) atoms. The van der Waals surface area contributed by atoms with Crippen LogP contribution in [0.15, 0.2) is 53.2 Å². The first-order valence-electron chi connectivity index (χ1n) is 12.5. The van der Waals surface area contributed by atoms with E-state index in [-0.39, 0.29) is 0 Å². The van der Waals surface area contributed by atoms with E-state index in [9.17, 15) is 0 Å². The van der Waals surface area contributed by atoms with E-state index < -0.39 is 0 Å². The van der Waals surface area contributed by atoms with E-state index in [0.29, 0.717) is 23.7 Å². The van der Waals surface area contributed by atoms with Gasteiger partial charge in [0.15, 0.2) is 0 Å². The molecule has 2 heteroatoms. The number of para-hydroxylation sites is 2. The van der Waals surface area contributed by atoms with E-state index in [2.05, 4.69) is 103 Å². The van der Waals surface area contributed by atoms with Crippen LogP contribution in [0.3, 0.4) is 0 Å². The van der Waals surface area contributed by atoms with Gasteiger partial charge in [-0.2, -0.15) is 0 Å². The average Bonchev–Trinajstić information content (AvgIpc) is 2.74. The van der Waals surface area contributed by atoms with E-state index in [1.165, 1.54) is 45.0 Å². The monoisotopic (exact) mass is 430 g/mol. The molecule has 1 aliphatic carbocycles. The molecular formula is C30H42N2. The van der Waals surface area contributed by atoms with Crippen molar-refractivity contribution in [2.24, 2.45) is 4.99 Å². The van der Waals surface area contributed by atoms with Crippen LogP contribution in [0, 0.1) is 0 Å². The van der Waals surface area contributed by atoms with E-state index in [1.807, 2.05) is 0 Å². The molecule has 0 fully saturated rings. The Morgan fingerprint density at radius 3 is 1.62 bits per heavy atom. The molecule has 0 spiro atoms. The normalized spacial score (nSPS) is 15.9. The maximum Gasteiger partial charge on any atom is 0.0703 e. The SMILES string of the molecule is CC(C)c1cccc(C(C)C)c1N=C1CCCC=C1Nc1c(C(C)C)cccc1C(C)C. The molecule has 0 bridgehead atoms. The molecule has 3 rings (SSSR count). The summed E-state index contributed by atoms with van der Waals surface area (Å²) in [6.45, 7) is 18.2. The number of nitrogens with zero attached hydrogens (tertiary/aromatic N) is 1. The van der Waals surface area contributed by atoms with E-state index >= 15 is 0 Å². The third-order valence-corrected chi connectivity index (χ3v) is 6.50. The quantitative estimate of drug-likeness (QED) is 0.464. The number of nitrogens with one attached hydrogen (secondary N) is 1. The van der Waals surface area contributed by atoms with Crippen LogP contribution in [0.4, 0.5) is 11.4 Å². The summed E-state index contributed by atoms with van der Waals surface area (Å²) in [6.07, 6.45) is 5.64. The van der Waals surface area contributed by atoms with Gasteiger partial charge in [-0.15, -0.1) is 0 Å².